The molecule has 3 N–H and O–H groups in total. The third-order valence-electron chi connectivity index (χ3n) is 2.79. The van der Waals surface area contributed by atoms with Crippen LogP contribution in [0.3, 0.4) is 0 Å². The number of rotatable bonds is 1. The van der Waals surface area contributed by atoms with E-state index in [0.717, 1.165) is 11.3 Å². The number of piperazine rings is 1. The van der Waals surface area contributed by atoms with E-state index in [1.165, 1.54) is 0 Å². The molecule has 1 unspecified atom stereocenters. The highest BCUT2D eigenvalue weighted by molar-refractivity contribution is 5.86. The molecule has 1 aromatic rings. The van der Waals surface area contributed by atoms with Gasteiger partial charge in [-0.2, -0.15) is 5.10 Å². The van der Waals surface area contributed by atoms with Gasteiger partial charge >= 0.3 is 0 Å². The van der Waals surface area contributed by atoms with Gasteiger partial charge in [0.25, 0.3) is 0 Å². The third-order valence-corrected chi connectivity index (χ3v) is 2.79. The topological polar surface area (TPSA) is 69.8 Å². The lowest BCUT2D eigenvalue weighted by molar-refractivity contribution is -0.128. The van der Waals surface area contributed by atoms with Crippen LogP contribution in [0.4, 0.5) is 0 Å². The summed E-state index contributed by atoms with van der Waals surface area (Å²) in [7, 11) is 0. The van der Waals surface area contributed by atoms with E-state index in [1.807, 2.05) is 20.8 Å². The van der Waals surface area contributed by atoms with Crippen LogP contribution in [-0.2, 0) is 4.79 Å². The zero-order chi connectivity index (χ0) is 11.1. The lowest BCUT2D eigenvalue weighted by Crippen LogP contribution is -2.61. The Morgan fingerprint density at radius 3 is 2.80 bits per heavy atom. The molecule has 1 saturated heterocycles. The second-order valence-corrected chi connectivity index (χ2v) is 4.50. The van der Waals surface area contributed by atoms with Gasteiger partial charge in [0.05, 0.1) is 23.5 Å². The lowest BCUT2D eigenvalue weighted by atomic mass is 9.97. The molecule has 0 saturated carbocycles. The first-order valence-corrected chi connectivity index (χ1v) is 5.06. The highest BCUT2D eigenvalue weighted by atomic mass is 16.2. The molecule has 2 rings (SSSR count). The van der Waals surface area contributed by atoms with Crippen LogP contribution < -0.4 is 10.6 Å². The number of hydrogen-bond donors (Lipinski definition) is 3. The highest BCUT2D eigenvalue weighted by Gasteiger charge is 2.36. The maximum absolute atomic E-state index is 11.5. The summed E-state index contributed by atoms with van der Waals surface area (Å²) in [5.41, 5.74) is 1.63. The van der Waals surface area contributed by atoms with Crippen molar-refractivity contribution in [3.8, 4) is 0 Å². The van der Waals surface area contributed by atoms with Crippen LogP contribution in [0.2, 0.25) is 0 Å². The van der Waals surface area contributed by atoms with Crippen LogP contribution in [0.5, 0.6) is 0 Å². The van der Waals surface area contributed by atoms with E-state index < -0.39 is 5.54 Å². The third kappa shape index (κ3) is 1.74. The van der Waals surface area contributed by atoms with E-state index in [-0.39, 0.29) is 11.9 Å². The lowest BCUT2D eigenvalue weighted by Gasteiger charge is -2.36. The summed E-state index contributed by atoms with van der Waals surface area (Å²) in [5.74, 6) is 0.0379. The summed E-state index contributed by atoms with van der Waals surface area (Å²) in [6, 6.07) is 0.111. The maximum atomic E-state index is 11.5. The molecule has 1 aliphatic rings. The van der Waals surface area contributed by atoms with Gasteiger partial charge in [-0.1, -0.05) is 0 Å². The Morgan fingerprint density at radius 1 is 1.53 bits per heavy atom. The van der Waals surface area contributed by atoms with E-state index in [2.05, 4.69) is 20.8 Å². The van der Waals surface area contributed by atoms with Crippen molar-refractivity contribution in [3.63, 3.8) is 0 Å². The number of nitrogens with zero attached hydrogens (tertiary/aromatic N) is 1. The predicted octanol–water partition coefficient (Wildman–Crippen LogP) is 0.257. The molecule has 0 aliphatic carbocycles. The molecule has 0 aromatic carbocycles. The molecule has 1 atom stereocenters. The van der Waals surface area contributed by atoms with Crippen molar-refractivity contribution in [1.82, 2.24) is 20.8 Å². The molecule has 82 valence electrons. The molecule has 5 nitrogen and oxygen atoms in total. The van der Waals surface area contributed by atoms with Crippen LogP contribution in [0.1, 0.15) is 31.1 Å². The van der Waals surface area contributed by atoms with Gasteiger partial charge in [-0.25, -0.2) is 0 Å². The molecular formula is C10H16N4O. The van der Waals surface area contributed by atoms with Crippen molar-refractivity contribution in [2.45, 2.75) is 32.4 Å². The summed E-state index contributed by atoms with van der Waals surface area (Å²) in [5, 5.41) is 13.1. The van der Waals surface area contributed by atoms with Crippen LogP contribution in [0.25, 0.3) is 0 Å². The Hall–Kier alpha value is -1.36. The van der Waals surface area contributed by atoms with E-state index in [1.54, 1.807) is 6.20 Å². The number of aryl methyl sites for hydroxylation is 1. The molecule has 0 bridgehead atoms. The van der Waals surface area contributed by atoms with Crippen molar-refractivity contribution in [1.29, 1.82) is 0 Å². The molecule has 1 aromatic heterocycles. The number of aromatic amines is 1. The number of carbonyl (C=O) groups is 1. The monoisotopic (exact) mass is 208 g/mol. The molecule has 1 fully saturated rings. The summed E-state index contributed by atoms with van der Waals surface area (Å²) in [6.07, 6.45) is 1.79. The number of amides is 1. The molecule has 0 radical (unpaired) electrons. The normalized spacial score (nSPS) is 25.0. The average Bonchev–Trinajstić information content (AvgIpc) is 2.56. The summed E-state index contributed by atoms with van der Waals surface area (Å²) in [4.78, 5) is 11.5. The van der Waals surface area contributed by atoms with Gasteiger partial charge in [-0.15, -0.1) is 0 Å². The first kappa shape index (κ1) is 10.2. The van der Waals surface area contributed by atoms with Crippen molar-refractivity contribution >= 4 is 5.91 Å². The zero-order valence-electron chi connectivity index (χ0n) is 9.22. The minimum Gasteiger partial charge on any atom is -0.353 e. The van der Waals surface area contributed by atoms with Gasteiger partial charge in [0, 0.05) is 6.54 Å². The Kier molecular flexibility index (Phi) is 2.26. The van der Waals surface area contributed by atoms with Crippen molar-refractivity contribution in [2.24, 2.45) is 0 Å². The molecule has 1 amide bonds. The smallest absolute Gasteiger partial charge is 0.239 e. The van der Waals surface area contributed by atoms with Crippen molar-refractivity contribution in [2.75, 3.05) is 6.54 Å². The number of hydrogen-bond acceptors (Lipinski definition) is 3. The largest absolute Gasteiger partial charge is 0.353 e. The van der Waals surface area contributed by atoms with E-state index in [9.17, 15) is 4.79 Å². The SMILES string of the molecule is Cc1cn[nH]c1C1CNC(=O)C(C)(C)N1. The van der Waals surface area contributed by atoms with Crippen LogP contribution >= 0.6 is 0 Å². The minimum absolute atomic E-state index is 0.0379. The minimum atomic E-state index is -0.527. The Morgan fingerprint density at radius 2 is 2.27 bits per heavy atom. The van der Waals surface area contributed by atoms with E-state index in [0.29, 0.717) is 6.54 Å². The maximum Gasteiger partial charge on any atom is 0.239 e. The fraction of sp³-hybridized carbons (Fsp3) is 0.600. The second-order valence-electron chi connectivity index (χ2n) is 4.50. The Bertz CT molecular complexity index is 383. The first-order valence-electron chi connectivity index (χ1n) is 5.06. The average molecular weight is 208 g/mol. The molecule has 5 heteroatoms. The summed E-state index contributed by atoms with van der Waals surface area (Å²) >= 11 is 0. The Balaban J connectivity index is 2.21. The molecule has 2 heterocycles. The first-order chi connectivity index (χ1) is 7.00. The van der Waals surface area contributed by atoms with Crippen LogP contribution in [0, 0.1) is 6.92 Å². The molecule has 0 spiro atoms. The number of H-pyrrole nitrogens is 1. The van der Waals surface area contributed by atoms with Gasteiger partial charge in [-0.05, 0) is 26.3 Å². The van der Waals surface area contributed by atoms with Gasteiger partial charge < -0.3 is 5.32 Å². The van der Waals surface area contributed by atoms with Gasteiger partial charge in [0.1, 0.15) is 0 Å². The second kappa shape index (κ2) is 3.34. The standard InChI is InChI=1S/C10H16N4O/c1-6-4-12-14-8(6)7-5-11-9(15)10(2,3)13-7/h4,7,13H,5H2,1-3H3,(H,11,15)(H,12,14). The molecule has 1 aliphatic heterocycles. The fourth-order valence-electron chi connectivity index (χ4n) is 1.85. The number of aromatic nitrogens is 2. The quantitative estimate of drug-likeness (QED) is 0.620. The van der Waals surface area contributed by atoms with E-state index >= 15 is 0 Å². The van der Waals surface area contributed by atoms with Crippen LogP contribution in [-0.4, -0.2) is 28.2 Å². The summed E-state index contributed by atoms with van der Waals surface area (Å²) in [6.45, 7) is 6.36. The van der Waals surface area contributed by atoms with E-state index in [4.69, 9.17) is 0 Å². The summed E-state index contributed by atoms with van der Waals surface area (Å²) < 4.78 is 0. The van der Waals surface area contributed by atoms with Crippen LogP contribution in [0.15, 0.2) is 6.20 Å². The molecular weight excluding hydrogens is 192 g/mol. The van der Waals surface area contributed by atoms with Gasteiger partial charge in [0.15, 0.2) is 0 Å². The predicted molar refractivity (Wildman–Crippen MR) is 56.3 cm³/mol. The van der Waals surface area contributed by atoms with Crippen molar-refractivity contribution in [3.05, 3.63) is 17.5 Å². The van der Waals surface area contributed by atoms with Gasteiger partial charge in [-0.3, -0.25) is 15.2 Å². The van der Waals surface area contributed by atoms with Gasteiger partial charge in [0.2, 0.25) is 5.91 Å². The molecule has 15 heavy (non-hydrogen) atoms. The highest BCUT2D eigenvalue weighted by Crippen LogP contribution is 2.20. The number of nitrogens with one attached hydrogen (secondary N) is 3. The zero-order valence-corrected chi connectivity index (χ0v) is 9.22. The fourth-order valence-corrected chi connectivity index (χ4v) is 1.85. The number of carbonyl (C=O) groups excluding carboxylic acids is 1. The Labute approximate surface area is 88.6 Å². The van der Waals surface area contributed by atoms with Crippen molar-refractivity contribution < 1.29 is 4.79 Å².